The molecule has 26 heavy (non-hydrogen) atoms. The Balaban J connectivity index is 1.64. The van der Waals surface area contributed by atoms with Gasteiger partial charge >= 0.3 is 0 Å². The Morgan fingerprint density at radius 3 is 2.46 bits per heavy atom. The number of carbonyl (C=O) groups excluding carboxylic acids is 2. The van der Waals surface area contributed by atoms with Crippen molar-refractivity contribution in [3.05, 3.63) is 35.4 Å². The molecule has 142 valence electrons. The van der Waals surface area contributed by atoms with Crippen LogP contribution in [0.1, 0.15) is 43.7 Å². The van der Waals surface area contributed by atoms with E-state index >= 15 is 0 Å². The number of hydrogen-bond acceptors (Lipinski definition) is 3. The van der Waals surface area contributed by atoms with Crippen molar-refractivity contribution >= 4 is 11.8 Å². The van der Waals surface area contributed by atoms with E-state index in [2.05, 4.69) is 0 Å². The average molecular weight is 358 g/mol. The molecule has 0 aromatic heterocycles. The van der Waals surface area contributed by atoms with Gasteiger partial charge in [-0.2, -0.15) is 0 Å². The van der Waals surface area contributed by atoms with Crippen LogP contribution < -0.4 is 0 Å². The molecule has 2 amide bonds. The third-order valence-electron chi connectivity index (χ3n) is 5.57. The lowest BCUT2D eigenvalue weighted by molar-refractivity contribution is -0.142. The summed E-state index contributed by atoms with van der Waals surface area (Å²) in [5.74, 6) is 0.281. The molecule has 2 fully saturated rings. The Labute approximate surface area is 156 Å². The van der Waals surface area contributed by atoms with Gasteiger partial charge in [0, 0.05) is 45.3 Å². The molecule has 5 heteroatoms. The molecule has 0 spiro atoms. The van der Waals surface area contributed by atoms with Crippen LogP contribution in [-0.2, 0) is 20.7 Å². The summed E-state index contributed by atoms with van der Waals surface area (Å²) in [4.78, 5) is 29.1. The number of amides is 2. The average Bonchev–Trinajstić information content (AvgIpc) is 2.64. The first kappa shape index (κ1) is 18.9. The molecular weight excluding hydrogens is 328 g/mol. The van der Waals surface area contributed by atoms with Crippen LogP contribution in [0.15, 0.2) is 24.3 Å². The van der Waals surface area contributed by atoms with Crippen molar-refractivity contribution in [2.24, 2.45) is 0 Å². The van der Waals surface area contributed by atoms with Gasteiger partial charge in [0.15, 0.2) is 0 Å². The molecule has 2 aliphatic heterocycles. The second-order valence-electron chi connectivity index (χ2n) is 7.57. The number of benzene rings is 1. The van der Waals surface area contributed by atoms with Gasteiger partial charge in [0.1, 0.15) is 0 Å². The summed E-state index contributed by atoms with van der Waals surface area (Å²) in [6.07, 6.45) is 4.16. The Morgan fingerprint density at radius 2 is 1.81 bits per heavy atom. The summed E-state index contributed by atoms with van der Waals surface area (Å²) in [6, 6.07) is 8.52. The number of aryl methyl sites for hydroxylation is 1. The van der Waals surface area contributed by atoms with Crippen molar-refractivity contribution in [2.45, 2.75) is 58.0 Å². The van der Waals surface area contributed by atoms with E-state index in [1.165, 1.54) is 5.56 Å². The third-order valence-corrected chi connectivity index (χ3v) is 5.57. The molecule has 0 bridgehead atoms. The van der Waals surface area contributed by atoms with Crippen molar-refractivity contribution in [1.29, 1.82) is 0 Å². The summed E-state index contributed by atoms with van der Waals surface area (Å²) in [5, 5.41) is 0. The first-order valence-corrected chi connectivity index (χ1v) is 9.74. The van der Waals surface area contributed by atoms with Gasteiger partial charge in [0.25, 0.3) is 0 Å². The molecule has 1 atom stereocenters. The highest BCUT2D eigenvalue weighted by molar-refractivity contribution is 5.79. The van der Waals surface area contributed by atoms with Gasteiger partial charge in [-0.15, -0.1) is 0 Å². The zero-order chi connectivity index (χ0) is 18.5. The van der Waals surface area contributed by atoms with Crippen molar-refractivity contribution < 1.29 is 14.3 Å². The second kappa shape index (κ2) is 8.67. The van der Waals surface area contributed by atoms with E-state index in [1.54, 1.807) is 6.92 Å². The molecule has 2 saturated heterocycles. The van der Waals surface area contributed by atoms with E-state index in [-0.39, 0.29) is 23.9 Å². The minimum absolute atomic E-state index is 0.120. The van der Waals surface area contributed by atoms with Gasteiger partial charge in [-0.1, -0.05) is 29.8 Å². The summed E-state index contributed by atoms with van der Waals surface area (Å²) >= 11 is 0. The topological polar surface area (TPSA) is 49.9 Å². The number of likely N-dealkylation sites (tertiary alicyclic amines) is 1. The lowest BCUT2D eigenvalue weighted by Gasteiger charge is -2.44. The van der Waals surface area contributed by atoms with E-state index < -0.39 is 0 Å². The molecule has 0 aliphatic carbocycles. The highest BCUT2D eigenvalue weighted by Crippen LogP contribution is 2.24. The summed E-state index contributed by atoms with van der Waals surface area (Å²) in [5.41, 5.74) is 2.25. The maximum atomic E-state index is 12.8. The molecule has 0 N–H and O–H groups in total. The summed E-state index contributed by atoms with van der Waals surface area (Å²) < 4.78 is 5.45. The number of hydrogen-bond donors (Lipinski definition) is 0. The zero-order valence-corrected chi connectivity index (χ0v) is 15.9. The van der Waals surface area contributed by atoms with E-state index in [9.17, 15) is 9.59 Å². The monoisotopic (exact) mass is 358 g/mol. The van der Waals surface area contributed by atoms with Gasteiger partial charge in [-0.05, 0) is 38.2 Å². The lowest BCUT2D eigenvalue weighted by atomic mass is 9.98. The maximum Gasteiger partial charge on any atom is 0.227 e. The van der Waals surface area contributed by atoms with Crippen molar-refractivity contribution in [3.63, 3.8) is 0 Å². The van der Waals surface area contributed by atoms with Crippen molar-refractivity contribution in [2.75, 3.05) is 26.3 Å². The highest BCUT2D eigenvalue weighted by atomic mass is 16.5. The summed E-state index contributed by atoms with van der Waals surface area (Å²) in [7, 11) is 0. The van der Waals surface area contributed by atoms with Crippen LogP contribution >= 0.6 is 0 Å². The first-order valence-electron chi connectivity index (χ1n) is 9.74. The zero-order valence-electron chi connectivity index (χ0n) is 15.9. The van der Waals surface area contributed by atoms with Crippen LogP contribution in [0.3, 0.4) is 0 Å². The maximum absolute atomic E-state index is 12.8. The van der Waals surface area contributed by atoms with Gasteiger partial charge in [0.2, 0.25) is 11.8 Å². The van der Waals surface area contributed by atoms with Gasteiger partial charge in [-0.25, -0.2) is 0 Å². The van der Waals surface area contributed by atoms with Crippen LogP contribution in [0.4, 0.5) is 0 Å². The summed E-state index contributed by atoms with van der Waals surface area (Å²) in [6.45, 7) is 6.59. The minimum Gasteiger partial charge on any atom is -0.381 e. The Morgan fingerprint density at radius 1 is 1.12 bits per heavy atom. The van der Waals surface area contributed by atoms with Crippen molar-refractivity contribution in [1.82, 2.24) is 9.80 Å². The van der Waals surface area contributed by atoms with Gasteiger partial charge < -0.3 is 14.5 Å². The predicted molar refractivity (Wildman–Crippen MR) is 101 cm³/mol. The molecule has 3 rings (SSSR count). The predicted octanol–water partition coefficient (Wildman–Crippen LogP) is 2.56. The van der Waals surface area contributed by atoms with Crippen LogP contribution in [0.25, 0.3) is 0 Å². The third kappa shape index (κ3) is 4.64. The number of carbonyl (C=O) groups is 2. The molecule has 0 saturated carbocycles. The fourth-order valence-corrected chi connectivity index (χ4v) is 4.18. The molecular formula is C21H30N2O3. The minimum atomic E-state index is 0.120. The molecule has 1 unspecified atom stereocenters. The standard InChI is InChI=1S/C21H30N2O3/c1-16-5-7-18(8-6-16)14-21(25)22-11-3-4-20(15-22)23(17(2)24)19-9-12-26-13-10-19/h5-8,19-20H,3-4,9-15H2,1-2H3. The SMILES string of the molecule is CC(=O)N(C1CCOCC1)C1CCCN(C(=O)Cc2ccc(C)cc2)C1. The van der Waals surface area contributed by atoms with Crippen LogP contribution in [0.2, 0.25) is 0 Å². The Kier molecular flexibility index (Phi) is 6.30. The number of ether oxygens (including phenoxy) is 1. The molecule has 5 nitrogen and oxygen atoms in total. The Hall–Kier alpha value is -1.88. The fourth-order valence-electron chi connectivity index (χ4n) is 4.18. The van der Waals surface area contributed by atoms with E-state index in [0.717, 1.165) is 51.0 Å². The largest absolute Gasteiger partial charge is 0.381 e. The van der Waals surface area contributed by atoms with E-state index in [1.807, 2.05) is 41.0 Å². The molecule has 0 radical (unpaired) electrons. The van der Waals surface area contributed by atoms with Crippen molar-refractivity contribution in [3.8, 4) is 0 Å². The fraction of sp³-hybridized carbons (Fsp3) is 0.619. The molecule has 1 aromatic rings. The van der Waals surface area contributed by atoms with Gasteiger partial charge in [-0.3, -0.25) is 9.59 Å². The van der Waals surface area contributed by atoms with Crippen LogP contribution in [0.5, 0.6) is 0 Å². The number of nitrogens with zero attached hydrogens (tertiary/aromatic N) is 2. The number of rotatable bonds is 4. The van der Waals surface area contributed by atoms with Crippen LogP contribution in [-0.4, -0.2) is 60.0 Å². The Bertz CT molecular complexity index is 623. The normalized spacial score (nSPS) is 21.5. The second-order valence-corrected chi connectivity index (χ2v) is 7.57. The molecule has 1 aromatic carbocycles. The quantitative estimate of drug-likeness (QED) is 0.831. The highest BCUT2D eigenvalue weighted by Gasteiger charge is 2.34. The lowest BCUT2D eigenvalue weighted by Crippen LogP contribution is -2.55. The number of piperidine rings is 1. The first-order chi connectivity index (χ1) is 12.5. The van der Waals surface area contributed by atoms with E-state index in [0.29, 0.717) is 13.0 Å². The molecule has 2 aliphatic rings. The molecule has 2 heterocycles. The smallest absolute Gasteiger partial charge is 0.227 e. The van der Waals surface area contributed by atoms with Crippen LogP contribution in [0, 0.1) is 6.92 Å². The van der Waals surface area contributed by atoms with E-state index in [4.69, 9.17) is 4.74 Å². The van der Waals surface area contributed by atoms with Gasteiger partial charge in [0.05, 0.1) is 6.42 Å².